The fourth-order valence-electron chi connectivity index (χ4n) is 1.36. The zero-order valence-electron chi connectivity index (χ0n) is 9.92. The Morgan fingerprint density at radius 2 is 2.00 bits per heavy atom. The van der Waals surface area contributed by atoms with Gasteiger partial charge >= 0.3 is 0 Å². The van der Waals surface area contributed by atoms with Gasteiger partial charge in [0, 0.05) is 4.48 Å². The van der Waals surface area contributed by atoms with E-state index in [-0.39, 0.29) is 5.91 Å². The van der Waals surface area contributed by atoms with Crippen molar-refractivity contribution >= 4 is 45.5 Å². The molecule has 2 rings (SSSR count). The number of rotatable bonds is 4. The molecule has 1 amide bonds. The lowest BCUT2D eigenvalue weighted by atomic mass is 10.2. The second-order valence-electron chi connectivity index (χ2n) is 3.62. The number of allylic oxidation sites excluding steroid dienone is 1. The maximum atomic E-state index is 11.6. The van der Waals surface area contributed by atoms with Crippen LogP contribution in [0.15, 0.2) is 57.4 Å². The van der Waals surface area contributed by atoms with Crippen LogP contribution in [0, 0.1) is 0 Å². The molecule has 1 aromatic carbocycles. The Bertz CT molecular complexity index is 591. The van der Waals surface area contributed by atoms with E-state index in [2.05, 4.69) is 26.5 Å². The smallest absolute Gasteiger partial charge is 0.266 e. The molecular formula is C14H11BrN2OS. The minimum absolute atomic E-state index is 0.203. The standard InChI is InChI=1S/C14H11BrN2OS/c15-12(9-11-5-2-1-3-6-11)10-16-17-14(18)13-7-4-8-19-13/h1-10H,(H,17,18)/b12-9-,16-10-. The number of benzene rings is 1. The van der Waals surface area contributed by atoms with Crippen molar-refractivity contribution in [2.45, 2.75) is 0 Å². The summed E-state index contributed by atoms with van der Waals surface area (Å²) in [6.07, 6.45) is 3.47. The molecule has 0 aliphatic carbocycles. The van der Waals surface area contributed by atoms with Gasteiger partial charge in [-0.05, 0) is 39.0 Å². The fraction of sp³-hybridized carbons (Fsp3) is 0. The molecule has 19 heavy (non-hydrogen) atoms. The molecule has 1 N–H and O–H groups in total. The van der Waals surface area contributed by atoms with Gasteiger partial charge in [-0.2, -0.15) is 5.10 Å². The first-order chi connectivity index (χ1) is 9.25. The first-order valence-electron chi connectivity index (χ1n) is 5.55. The molecule has 0 atom stereocenters. The molecule has 0 spiro atoms. The topological polar surface area (TPSA) is 41.5 Å². The maximum Gasteiger partial charge on any atom is 0.281 e. The molecule has 5 heteroatoms. The number of halogens is 1. The Morgan fingerprint density at radius 3 is 2.68 bits per heavy atom. The van der Waals surface area contributed by atoms with Crippen molar-refractivity contribution in [3.63, 3.8) is 0 Å². The molecule has 0 aliphatic rings. The number of nitrogens with zero attached hydrogens (tertiary/aromatic N) is 1. The monoisotopic (exact) mass is 334 g/mol. The van der Waals surface area contributed by atoms with E-state index < -0.39 is 0 Å². The van der Waals surface area contributed by atoms with Crippen LogP contribution in [-0.2, 0) is 0 Å². The molecule has 0 fully saturated rings. The second-order valence-corrected chi connectivity index (χ2v) is 5.48. The summed E-state index contributed by atoms with van der Waals surface area (Å²) in [5.74, 6) is -0.203. The Balaban J connectivity index is 1.92. The average Bonchev–Trinajstić information content (AvgIpc) is 2.93. The SMILES string of the molecule is O=C(N/N=C\C(Br)=C\c1ccccc1)c1cccs1. The molecule has 1 heterocycles. The van der Waals surface area contributed by atoms with Gasteiger partial charge in [0.1, 0.15) is 0 Å². The zero-order chi connectivity index (χ0) is 13.5. The number of hydrogen-bond acceptors (Lipinski definition) is 3. The molecule has 0 saturated carbocycles. The minimum atomic E-state index is -0.203. The molecular weight excluding hydrogens is 324 g/mol. The highest BCUT2D eigenvalue weighted by Gasteiger charge is 2.03. The van der Waals surface area contributed by atoms with Crippen molar-refractivity contribution in [2.24, 2.45) is 5.10 Å². The number of thiophene rings is 1. The summed E-state index contributed by atoms with van der Waals surface area (Å²) in [5, 5.41) is 5.74. The lowest BCUT2D eigenvalue weighted by Crippen LogP contribution is -2.15. The average molecular weight is 335 g/mol. The van der Waals surface area contributed by atoms with Gasteiger partial charge in [-0.15, -0.1) is 11.3 Å². The molecule has 0 saturated heterocycles. The van der Waals surface area contributed by atoms with Gasteiger partial charge in [-0.25, -0.2) is 5.43 Å². The summed E-state index contributed by atoms with van der Waals surface area (Å²) < 4.78 is 0.783. The summed E-state index contributed by atoms with van der Waals surface area (Å²) >= 11 is 4.76. The van der Waals surface area contributed by atoms with Crippen LogP contribution in [0.4, 0.5) is 0 Å². The van der Waals surface area contributed by atoms with E-state index >= 15 is 0 Å². The lowest BCUT2D eigenvalue weighted by Gasteiger charge is -1.95. The third-order valence-corrected chi connectivity index (χ3v) is 3.51. The van der Waals surface area contributed by atoms with Crippen LogP contribution in [0.1, 0.15) is 15.2 Å². The fourth-order valence-corrected chi connectivity index (χ4v) is 2.34. The van der Waals surface area contributed by atoms with Gasteiger partial charge in [0.05, 0.1) is 11.1 Å². The van der Waals surface area contributed by atoms with Gasteiger partial charge in [0.15, 0.2) is 0 Å². The van der Waals surface area contributed by atoms with Crippen LogP contribution < -0.4 is 5.43 Å². The third kappa shape index (κ3) is 4.46. The van der Waals surface area contributed by atoms with Crippen molar-refractivity contribution in [3.05, 3.63) is 62.8 Å². The second kappa shape index (κ2) is 7.01. The maximum absolute atomic E-state index is 11.6. The number of nitrogens with one attached hydrogen (secondary N) is 1. The molecule has 96 valence electrons. The van der Waals surface area contributed by atoms with Crippen LogP contribution in [0.5, 0.6) is 0 Å². The Morgan fingerprint density at radius 1 is 1.21 bits per heavy atom. The number of carbonyl (C=O) groups is 1. The molecule has 1 aromatic heterocycles. The highest BCUT2D eigenvalue weighted by Crippen LogP contribution is 2.10. The molecule has 0 aliphatic heterocycles. The summed E-state index contributed by atoms with van der Waals surface area (Å²) in [5.41, 5.74) is 3.53. The highest BCUT2D eigenvalue weighted by atomic mass is 79.9. The highest BCUT2D eigenvalue weighted by molar-refractivity contribution is 9.12. The van der Waals surface area contributed by atoms with Crippen molar-refractivity contribution in [3.8, 4) is 0 Å². The van der Waals surface area contributed by atoms with E-state index in [1.54, 1.807) is 12.3 Å². The van der Waals surface area contributed by atoms with E-state index in [1.807, 2.05) is 47.9 Å². The van der Waals surface area contributed by atoms with Gasteiger partial charge < -0.3 is 0 Å². The zero-order valence-corrected chi connectivity index (χ0v) is 12.3. The van der Waals surface area contributed by atoms with Crippen molar-refractivity contribution in [1.82, 2.24) is 5.43 Å². The first kappa shape index (κ1) is 13.7. The number of hydrogen-bond donors (Lipinski definition) is 1. The predicted octanol–water partition coefficient (Wildman–Crippen LogP) is 3.90. The van der Waals surface area contributed by atoms with Crippen molar-refractivity contribution in [1.29, 1.82) is 0 Å². The Hall–Kier alpha value is -1.72. The molecule has 0 unspecified atom stereocenters. The summed E-state index contributed by atoms with van der Waals surface area (Å²) in [6.45, 7) is 0. The number of carbonyl (C=O) groups excluding carboxylic acids is 1. The van der Waals surface area contributed by atoms with Crippen LogP contribution in [0.25, 0.3) is 6.08 Å². The molecule has 2 aromatic rings. The number of hydrazone groups is 1. The van der Waals surface area contributed by atoms with E-state index in [0.29, 0.717) is 4.88 Å². The third-order valence-electron chi connectivity index (χ3n) is 2.20. The van der Waals surface area contributed by atoms with Crippen LogP contribution in [-0.4, -0.2) is 12.1 Å². The molecule has 3 nitrogen and oxygen atoms in total. The molecule has 0 bridgehead atoms. The summed E-state index contributed by atoms with van der Waals surface area (Å²) in [4.78, 5) is 12.2. The van der Waals surface area contributed by atoms with E-state index in [0.717, 1.165) is 10.0 Å². The Kier molecular flexibility index (Phi) is 5.06. The largest absolute Gasteiger partial charge is 0.281 e. The van der Waals surface area contributed by atoms with Crippen LogP contribution in [0.2, 0.25) is 0 Å². The van der Waals surface area contributed by atoms with Crippen LogP contribution >= 0.6 is 27.3 Å². The van der Waals surface area contributed by atoms with Gasteiger partial charge in [-0.1, -0.05) is 36.4 Å². The number of amides is 1. The minimum Gasteiger partial charge on any atom is -0.266 e. The van der Waals surface area contributed by atoms with Crippen molar-refractivity contribution < 1.29 is 4.79 Å². The normalized spacial score (nSPS) is 11.7. The quantitative estimate of drug-likeness (QED) is 0.668. The van der Waals surface area contributed by atoms with E-state index in [4.69, 9.17) is 0 Å². The Labute approximate surface area is 123 Å². The lowest BCUT2D eigenvalue weighted by molar-refractivity contribution is 0.0959. The first-order valence-corrected chi connectivity index (χ1v) is 7.22. The summed E-state index contributed by atoms with van der Waals surface area (Å²) in [7, 11) is 0. The van der Waals surface area contributed by atoms with Gasteiger partial charge in [0.2, 0.25) is 0 Å². The van der Waals surface area contributed by atoms with Gasteiger partial charge in [0.25, 0.3) is 5.91 Å². The van der Waals surface area contributed by atoms with E-state index in [1.165, 1.54) is 11.3 Å². The predicted molar refractivity (Wildman–Crippen MR) is 83.6 cm³/mol. The van der Waals surface area contributed by atoms with Gasteiger partial charge in [-0.3, -0.25) is 4.79 Å². The van der Waals surface area contributed by atoms with Crippen molar-refractivity contribution in [2.75, 3.05) is 0 Å². The molecule has 0 radical (unpaired) electrons. The summed E-state index contributed by atoms with van der Waals surface area (Å²) in [6, 6.07) is 13.4. The van der Waals surface area contributed by atoms with Crippen LogP contribution in [0.3, 0.4) is 0 Å². The van der Waals surface area contributed by atoms with E-state index in [9.17, 15) is 4.79 Å².